The Morgan fingerprint density at radius 1 is 1.05 bits per heavy atom. The minimum atomic E-state index is -1.46. The first-order valence-electron chi connectivity index (χ1n) is 6.29. The molecular weight excluding hydrogens is 286 g/mol. The zero-order valence-electron chi connectivity index (χ0n) is 12.0. The van der Waals surface area contributed by atoms with Crippen molar-refractivity contribution in [3.05, 3.63) is 0 Å². The summed E-state index contributed by atoms with van der Waals surface area (Å²) in [6.07, 6.45) is -4.67. The molecule has 0 aromatic heterocycles. The van der Waals surface area contributed by atoms with Gasteiger partial charge < -0.3 is 29.8 Å². The molecule has 120 valence electrons. The maximum Gasteiger partial charge on any atom is 0.303 e. The summed E-state index contributed by atoms with van der Waals surface area (Å²) in [5.41, 5.74) is 5.70. The molecule has 1 aliphatic heterocycles. The van der Waals surface area contributed by atoms with Gasteiger partial charge in [0.2, 0.25) is 0 Å². The van der Waals surface area contributed by atoms with Crippen molar-refractivity contribution < 1.29 is 38.4 Å². The second kappa shape index (κ2) is 7.34. The Morgan fingerprint density at radius 2 is 1.57 bits per heavy atom. The van der Waals surface area contributed by atoms with Gasteiger partial charge in [-0.05, 0) is 0 Å². The molecule has 0 spiro atoms. The van der Waals surface area contributed by atoms with Crippen molar-refractivity contribution in [2.24, 2.45) is 5.73 Å². The molecule has 3 N–H and O–H groups in total. The summed E-state index contributed by atoms with van der Waals surface area (Å²) in [4.78, 5) is 33.2. The highest BCUT2D eigenvalue weighted by Gasteiger charge is 2.48. The standard InChI is InChI=1S/C12H19NO8/c1-5(14)18-4-8-10(19-6(2)15)11(20-7(3)16)9(13)12(17)21-8/h8-12,17H,4,13H2,1-3H3/t8-,9+,10+,11-,12-/m0/s1. The average Bonchev–Trinajstić information content (AvgIpc) is 2.35. The zero-order valence-corrected chi connectivity index (χ0v) is 12.0. The lowest BCUT2D eigenvalue weighted by Crippen LogP contribution is -2.64. The molecule has 1 heterocycles. The van der Waals surface area contributed by atoms with Crippen LogP contribution in [0, 0.1) is 0 Å². The monoisotopic (exact) mass is 305 g/mol. The summed E-state index contributed by atoms with van der Waals surface area (Å²) in [5.74, 6) is -1.89. The lowest BCUT2D eigenvalue weighted by molar-refractivity contribution is -0.260. The molecule has 9 heteroatoms. The van der Waals surface area contributed by atoms with Crippen LogP contribution in [0.25, 0.3) is 0 Å². The number of aliphatic hydroxyl groups is 1. The van der Waals surface area contributed by atoms with E-state index in [4.69, 9.17) is 24.7 Å². The van der Waals surface area contributed by atoms with Gasteiger partial charge >= 0.3 is 17.9 Å². The highest BCUT2D eigenvalue weighted by Crippen LogP contribution is 2.24. The number of rotatable bonds is 4. The maximum absolute atomic E-state index is 11.2. The van der Waals surface area contributed by atoms with Crippen molar-refractivity contribution in [3.63, 3.8) is 0 Å². The quantitative estimate of drug-likeness (QED) is 0.468. The van der Waals surface area contributed by atoms with Crippen molar-refractivity contribution >= 4 is 17.9 Å². The highest BCUT2D eigenvalue weighted by molar-refractivity contribution is 5.67. The molecule has 0 amide bonds. The van der Waals surface area contributed by atoms with E-state index in [2.05, 4.69) is 0 Å². The van der Waals surface area contributed by atoms with Gasteiger partial charge in [-0.1, -0.05) is 0 Å². The predicted octanol–water partition coefficient (Wildman–Crippen LogP) is -1.54. The van der Waals surface area contributed by atoms with E-state index in [-0.39, 0.29) is 6.61 Å². The minimum absolute atomic E-state index is 0.283. The Morgan fingerprint density at radius 3 is 2.05 bits per heavy atom. The number of hydrogen-bond donors (Lipinski definition) is 2. The third kappa shape index (κ3) is 4.96. The van der Waals surface area contributed by atoms with E-state index >= 15 is 0 Å². The molecule has 0 aliphatic carbocycles. The van der Waals surface area contributed by atoms with Crippen molar-refractivity contribution in [3.8, 4) is 0 Å². The molecule has 21 heavy (non-hydrogen) atoms. The Labute approximate surface area is 121 Å². The van der Waals surface area contributed by atoms with Crippen LogP contribution < -0.4 is 5.73 Å². The zero-order chi connectivity index (χ0) is 16.2. The first-order chi connectivity index (χ1) is 9.72. The summed E-state index contributed by atoms with van der Waals surface area (Å²) >= 11 is 0. The van der Waals surface area contributed by atoms with Gasteiger partial charge in [-0.3, -0.25) is 14.4 Å². The number of esters is 3. The first-order valence-corrected chi connectivity index (χ1v) is 6.29. The molecule has 0 saturated carbocycles. The Balaban J connectivity index is 2.94. The second-order valence-electron chi connectivity index (χ2n) is 4.59. The normalized spacial score (nSPS) is 32.1. The van der Waals surface area contributed by atoms with Gasteiger partial charge in [0.25, 0.3) is 0 Å². The maximum atomic E-state index is 11.2. The summed E-state index contributed by atoms with van der Waals surface area (Å²) in [6.45, 7) is 3.22. The third-order valence-electron chi connectivity index (χ3n) is 2.77. The molecule has 1 aliphatic rings. The van der Waals surface area contributed by atoms with Crippen LogP contribution in [-0.4, -0.2) is 60.3 Å². The Bertz CT molecular complexity index is 412. The highest BCUT2D eigenvalue weighted by atomic mass is 16.7. The van der Waals surface area contributed by atoms with E-state index in [1.54, 1.807) is 0 Å². The fourth-order valence-electron chi connectivity index (χ4n) is 1.95. The molecule has 0 aromatic carbocycles. The molecule has 1 fully saturated rings. The molecule has 9 nitrogen and oxygen atoms in total. The van der Waals surface area contributed by atoms with Crippen LogP contribution in [0.1, 0.15) is 20.8 Å². The lowest BCUT2D eigenvalue weighted by Gasteiger charge is -2.41. The summed E-state index contributed by atoms with van der Waals surface area (Å²) in [7, 11) is 0. The van der Waals surface area contributed by atoms with Gasteiger partial charge in [0.05, 0.1) is 6.04 Å². The van der Waals surface area contributed by atoms with Gasteiger partial charge in [0, 0.05) is 20.8 Å². The van der Waals surface area contributed by atoms with E-state index in [0.29, 0.717) is 0 Å². The van der Waals surface area contributed by atoms with Crippen molar-refractivity contribution in [2.45, 2.75) is 51.4 Å². The van der Waals surface area contributed by atoms with Crippen molar-refractivity contribution in [1.29, 1.82) is 0 Å². The fourth-order valence-corrected chi connectivity index (χ4v) is 1.95. The van der Waals surface area contributed by atoms with Gasteiger partial charge in [0.15, 0.2) is 18.5 Å². The van der Waals surface area contributed by atoms with Crippen LogP contribution in [0.15, 0.2) is 0 Å². The minimum Gasteiger partial charge on any atom is -0.463 e. The molecule has 0 aromatic rings. The molecule has 0 radical (unpaired) electrons. The van der Waals surface area contributed by atoms with Gasteiger partial charge in [-0.25, -0.2) is 0 Å². The molecule has 1 rings (SSSR count). The summed E-state index contributed by atoms with van der Waals surface area (Å²) in [6, 6.07) is -1.10. The van der Waals surface area contributed by atoms with E-state index in [0.717, 1.165) is 13.8 Å². The predicted molar refractivity (Wildman–Crippen MR) is 66.6 cm³/mol. The fraction of sp³-hybridized carbons (Fsp3) is 0.750. The first kappa shape index (κ1) is 17.3. The second-order valence-corrected chi connectivity index (χ2v) is 4.59. The van der Waals surface area contributed by atoms with Crippen LogP contribution >= 0.6 is 0 Å². The number of carbonyl (C=O) groups excluding carboxylic acids is 3. The number of nitrogens with two attached hydrogens (primary N) is 1. The third-order valence-corrected chi connectivity index (χ3v) is 2.77. The van der Waals surface area contributed by atoms with Gasteiger partial charge in [-0.15, -0.1) is 0 Å². The van der Waals surface area contributed by atoms with Crippen LogP contribution in [-0.2, 0) is 33.3 Å². The molecule has 0 unspecified atom stereocenters. The molecular formula is C12H19NO8. The number of hydrogen-bond acceptors (Lipinski definition) is 9. The average molecular weight is 305 g/mol. The number of ether oxygens (including phenoxy) is 4. The van der Waals surface area contributed by atoms with Crippen LogP contribution in [0.2, 0.25) is 0 Å². The SMILES string of the molecule is CC(=O)OC[C@@H]1O[C@H](O)[C@H](N)[C@H](OC(C)=O)[C@@H]1OC(C)=O. The van der Waals surface area contributed by atoms with E-state index < -0.39 is 48.6 Å². The summed E-state index contributed by atoms with van der Waals surface area (Å²) in [5, 5.41) is 9.73. The van der Waals surface area contributed by atoms with Gasteiger partial charge in [-0.2, -0.15) is 0 Å². The number of aliphatic hydroxyl groups excluding tert-OH is 1. The summed E-state index contributed by atoms with van der Waals surface area (Å²) < 4.78 is 20.0. The van der Waals surface area contributed by atoms with Crippen molar-refractivity contribution in [2.75, 3.05) is 6.61 Å². The van der Waals surface area contributed by atoms with E-state index in [1.807, 2.05) is 0 Å². The van der Waals surface area contributed by atoms with Crippen LogP contribution in [0.4, 0.5) is 0 Å². The largest absolute Gasteiger partial charge is 0.463 e. The van der Waals surface area contributed by atoms with E-state index in [1.165, 1.54) is 6.92 Å². The van der Waals surface area contributed by atoms with Gasteiger partial charge in [0.1, 0.15) is 12.7 Å². The lowest BCUT2D eigenvalue weighted by atomic mass is 9.97. The molecule has 0 bridgehead atoms. The smallest absolute Gasteiger partial charge is 0.303 e. The van der Waals surface area contributed by atoms with Crippen LogP contribution in [0.5, 0.6) is 0 Å². The Hall–Kier alpha value is -1.71. The number of carbonyl (C=O) groups is 3. The topological polar surface area (TPSA) is 134 Å². The molecule has 1 saturated heterocycles. The van der Waals surface area contributed by atoms with Crippen molar-refractivity contribution in [1.82, 2.24) is 0 Å². The Kier molecular flexibility index (Phi) is 6.06. The molecule has 5 atom stereocenters. The van der Waals surface area contributed by atoms with Crippen LogP contribution in [0.3, 0.4) is 0 Å². The van der Waals surface area contributed by atoms with E-state index in [9.17, 15) is 19.5 Å².